The average Bonchev–Trinajstić information content (AvgIpc) is 3.43. The zero-order valence-corrected chi connectivity index (χ0v) is 26.2. The number of hydrogen-bond donors (Lipinski definition) is 4. The lowest BCUT2D eigenvalue weighted by Crippen LogP contribution is -2.30. The quantitative estimate of drug-likeness (QED) is 0.0682. The van der Waals surface area contributed by atoms with Crippen LogP contribution in [0.3, 0.4) is 0 Å². The molecular weight excluding hydrogens is 671 g/mol. The van der Waals surface area contributed by atoms with Gasteiger partial charge in [0, 0.05) is 48.1 Å². The molecule has 1 aromatic heterocycles. The molecule has 0 radical (unpaired) electrons. The second-order valence-electron chi connectivity index (χ2n) is 9.66. The summed E-state index contributed by atoms with van der Waals surface area (Å²) in [4.78, 5) is 43.7. The highest BCUT2D eigenvalue weighted by molar-refractivity contribution is 14.1. The fourth-order valence-electron chi connectivity index (χ4n) is 4.40. The standard InChI is InChI=1S/C34H29IN4O3S/c1-2-31(34(42)37-25-17-15-24(35)16-18-25)43-27-12-8-11-26(20-27)38-33(41)30(39-32(40)22-9-4-3-5-10-22)19-23-21-36-29-14-7-6-13-28(23)29/h3-21,31,36H,2H2,1H3,(H,37,42)(H,38,41)(H,39,40)/b30-19-. The number of anilines is 2. The average molecular weight is 701 g/mol. The van der Waals surface area contributed by atoms with Gasteiger partial charge in [-0.1, -0.05) is 49.4 Å². The summed E-state index contributed by atoms with van der Waals surface area (Å²) in [6.07, 6.45) is 4.09. The van der Waals surface area contributed by atoms with Gasteiger partial charge >= 0.3 is 0 Å². The van der Waals surface area contributed by atoms with Crippen molar-refractivity contribution in [1.29, 1.82) is 0 Å². The van der Waals surface area contributed by atoms with Crippen molar-refractivity contribution < 1.29 is 14.4 Å². The Kier molecular flexibility index (Phi) is 9.96. The molecule has 3 amide bonds. The molecule has 0 spiro atoms. The molecule has 0 saturated heterocycles. The molecule has 0 aliphatic carbocycles. The van der Waals surface area contributed by atoms with Crippen LogP contribution in [0.1, 0.15) is 29.3 Å². The van der Waals surface area contributed by atoms with Crippen molar-refractivity contribution in [2.45, 2.75) is 23.5 Å². The molecule has 4 aromatic carbocycles. The second kappa shape index (κ2) is 14.2. The van der Waals surface area contributed by atoms with Gasteiger partial charge in [-0.3, -0.25) is 14.4 Å². The number of halogens is 1. The van der Waals surface area contributed by atoms with E-state index in [9.17, 15) is 14.4 Å². The molecule has 0 bridgehead atoms. The van der Waals surface area contributed by atoms with Gasteiger partial charge in [0.1, 0.15) is 5.70 Å². The topological polar surface area (TPSA) is 103 Å². The number of H-pyrrole nitrogens is 1. The van der Waals surface area contributed by atoms with Crippen LogP contribution in [0.4, 0.5) is 11.4 Å². The Labute approximate surface area is 267 Å². The van der Waals surface area contributed by atoms with Gasteiger partial charge in [-0.25, -0.2) is 0 Å². The molecule has 43 heavy (non-hydrogen) atoms. The van der Waals surface area contributed by atoms with Crippen LogP contribution in [-0.2, 0) is 9.59 Å². The van der Waals surface area contributed by atoms with E-state index < -0.39 is 11.8 Å². The monoisotopic (exact) mass is 700 g/mol. The van der Waals surface area contributed by atoms with Crippen molar-refractivity contribution in [2.24, 2.45) is 0 Å². The number of aromatic nitrogens is 1. The van der Waals surface area contributed by atoms with E-state index in [1.807, 2.05) is 79.7 Å². The molecule has 9 heteroatoms. The molecule has 5 rings (SSSR count). The summed E-state index contributed by atoms with van der Waals surface area (Å²) < 4.78 is 1.09. The fourth-order valence-corrected chi connectivity index (χ4v) is 5.77. The Hall–Kier alpha value is -4.35. The van der Waals surface area contributed by atoms with Crippen LogP contribution in [0.15, 0.2) is 120 Å². The van der Waals surface area contributed by atoms with Crippen LogP contribution in [0, 0.1) is 3.57 Å². The third-order valence-corrected chi connectivity index (χ3v) is 8.67. The van der Waals surface area contributed by atoms with Gasteiger partial charge < -0.3 is 20.9 Å². The minimum Gasteiger partial charge on any atom is -0.361 e. The molecule has 216 valence electrons. The number of aromatic amines is 1. The normalized spacial score (nSPS) is 12.0. The highest BCUT2D eigenvalue weighted by Crippen LogP contribution is 2.29. The molecule has 5 aromatic rings. The van der Waals surface area contributed by atoms with Gasteiger partial charge in [-0.15, -0.1) is 11.8 Å². The first-order chi connectivity index (χ1) is 20.9. The smallest absolute Gasteiger partial charge is 0.272 e. The van der Waals surface area contributed by atoms with Crippen molar-refractivity contribution in [3.63, 3.8) is 0 Å². The maximum atomic E-state index is 13.6. The van der Waals surface area contributed by atoms with E-state index in [-0.39, 0.29) is 16.9 Å². The fraction of sp³-hybridized carbons (Fsp3) is 0.0882. The summed E-state index contributed by atoms with van der Waals surface area (Å²) in [6.45, 7) is 1.97. The maximum absolute atomic E-state index is 13.6. The van der Waals surface area contributed by atoms with Crippen LogP contribution in [-0.4, -0.2) is 28.0 Å². The number of thioether (sulfide) groups is 1. The van der Waals surface area contributed by atoms with Gasteiger partial charge in [0.2, 0.25) is 5.91 Å². The summed E-state index contributed by atoms with van der Waals surface area (Å²) in [5.74, 6) is -0.952. The van der Waals surface area contributed by atoms with Crippen LogP contribution in [0.25, 0.3) is 17.0 Å². The van der Waals surface area contributed by atoms with E-state index in [0.717, 1.165) is 30.6 Å². The zero-order valence-electron chi connectivity index (χ0n) is 23.3. The Morgan fingerprint density at radius 3 is 2.37 bits per heavy atom. The summed E-state index contributed by atoms with van der Waals surface area (Å²) in [6, 6.07) is 31.5. The SMILES string of the molecule is CCC(Sc1cccc(NC(=O)/C(=C/c2c[nH]c3ccccc23)NC(=O)c2ccccc2)c1)C(=O)Nc1ccc(I)cc1. The minimum absolute atomic E-state index is 0.0873. The van der Waals surface area contributed by atoms with Gasteiger partial charge in [-0.2, -0.15) is 0 Å². The molecule has 0 aliphatic rings. The summed E-state index contributed by atoms with van der Waals surface area (Å²) in [7, 11) is 0. The first-order valence-corrected chi connectivity index (χ1v) is 15.6. The van der Waals surface area contributed by atoms with Crippen LogP contribution in [0.2, 0.25) is 0 Å². The Bertz CT molecular complexity index is 1780. The number of nitrogens with one attached hydrogen (secondary N) is 4. The third-order valence-electron chi connectivity index (χ3n) is 6.60. The van der Waals surface area contributed by atoms with Crippen molar-refractivity contribution in [1.82, 2.24) is 10.3 Å². The first kappa shape index (κ1) is 30.1. The van der Waals surface area contributed by atoms with Crippen LogP contribution < -0.4 is 16.0 Å². The van der Waals surface area contributed by atoms with E-state index in [4.69, 9.17) is 0 Å². The predicted molar refractivity (Wildman–Crippen MR) is 183 cm³/mol. The predicted octanol–water partition coefficient (Wildman–Crippen LogP) is 7.69. The largest absolute Gasteiger partial charge is 0.361 e. The lowest BCUT2D eigenvalue weighted by Gasteiger charge is -2.16. The lowest BCUT2D eigenvalue weighted by atomic mass is 10.1. The van der Waals surface area contributed by atoms with E-state index >= 15 is 0 Å². The van der Waals surface area contributed by atoms with Crippen LogP contribution in [0.5, 0.6) is 0 Å². The van der Waals surface area contributed by atoms with Gasteiger partial charge in [0.15, 0.2) is 0 Å². The second-order valence-corrected chi connectivity index (χ2v) is 12.2. The Morgan fingerprint density at radius 2 is 1.60 bits per heavy atom. The number of carbonyl (C=O) groups is 3. The van der Waals surface area contributed by atoms with Crippen molar-refractivity contribution in [3.8, 4) is 0 Å². The summed E-state index contributed by atoms with van der Waals surface area (Å²) >= 11 is 3.65. The number of para-hydroxylation sites is 1. The number of hydrogen-bond acceptors (Lipinski definition) is 4. The molecule has 1 unspecified atom stereocenters. The van der Waals surface area contributed by atoms with Gasteiger partial charge in [0.25, 0.3) is 11.8 Å². The molecule has 0 aliphatic heterocycles. The van der Waals surface area contributed by atoms with Crippen molar-refractivity contribution in [3.05, 3.63) is 130 Å². The minimum atomic E-state index is -0.472. The van der Waals surface area contributed by atoms with E-state index in [2.05, 4.69) is 43.5 Å². The Morgan fingerprint density at radius 1 is 0.860 bits per heavy atom. The molecule has 0 fully saturated rings. The number of rotatable bonds is 10. The molecule has 7 nitrogen and oxygen atoms in total. The number of benzene rings is 4. The molecule has 1 heterocycles. The summed E-state index contributed by atoms with van der Waals surface area (Å²) in [5, 5.41) is 9.29. The molecular formula is C34H29IN4O3S. The third kappa shape index (κ3) is 7.94. The highest BCUT2D eigenvalue weighted by atomic mass is 127. The van der Waals surface area contributed by atoms with Crippen molar-refractivity contribution in [2.75, 3.05) is 10.6 Å². The first-order valence-electron chi connectivity index (χ1n) is 13.7. The summed E-state index contributed by atoms with van der Waals surface area (Å²) in [5.41, 5.74) is 3.51. The lowest BCUT2D eigenvalue weighted by molar-refractivity contribution is -0.116. The molecule has 0 saturated carbocycles. The van der Waals surface area contributed by atoms with Gasteiger partial charge in [0.05, 0.1) is 5.25 Å². The van der Waals surface area contributed by atoms with E-state index in [0.29, 0.717) is 17.7 Å². The maximum Gasteiger partial charge on any atom is 0.272 e. The Balaban J connectivity index is 1.34. The van der Waals surface area contributed by atoms with Crippen molar-refractivity contribution >= 4 is 80.4 Å². The number of fused-ring (bicyclic) bond motifs is 1. The van der Waals surface area contributed by atoms with Gasteiger partial charge in [-0.05, 0) is 95.8 Å². The highest BCUT2D eigenvalue weighted by Gasteiger charge is 2.20. The zero-order chi connectivity index (χ0) is 30.2. The molecule has 1 atom stereocenters. The van der Waals surface area contributed by atoms with Crippen LogP contribution >= 0.6 is 34.4 Å². The number of amides is 3. The molecule has 4 N–H and O–H groups in total. The number of carbonyl (C=O) groups excluding carboxylic acids is 3. The van der Waals surface area contributed by atoms with E-state index in [1.165, 1.54) is 11.8 Å². The van der Waals surface area contributed by atoms with E-state index in [1.54, 1.807) is 42.6 Å².